The molecule has 264 valence electrons. The molecule has 0 saturated heterocycles. The predicted molar refractivity (Wildman–Crippen MR) is 179 cm³/mol. The van der Waals surface area contributed by atoms with E-state index in [4.69, 9.17) is 37.9 Å². The maximum atomic E-state index is 12.9. The Morgan fingerprint density at radius 2 is 1.00 bits per heavy atom. The molecule has 3 aromatic carbocycles. The van der Waals surface area contributed by atoms with Crippen molar-refractivity contribution in [2.45, 2.75) is 13.3 Å². The lowest BCUT2D eigenvalue weighted by atomic mass is 10.1. The zero-order chi connectivity index (χ0) is 36.1. The molecule has 0 saturated carbocycles. The Morgan fingerprint density at radius 1 is 0.560 bits per heavy atom. The zero-order valence-electron chi connectivity index (χ0n) is 27.6. The van der Waals surface area contributed by atoms with Crippen LogP contribution in [0.5, 0.6) is 23.0 Å². The van der Waals surface area contributed by atoms with Crippen LogP contribution in [-0.2, 0) is 28.5 Å². The topological polar surface area (TPSA) is 159 Å². The zero-order valence-corrected chi connectivity index (χ0v) is 27.6. The second-order valence-corrected chi connectivity index (χ2v) is 9.93. The van der Waals surface area contributed by atoms with Crippen LogP contribution < -0.4 is 18.9 Å². The second-order valence-electron chi connectivity index (χ2n) is 9.93. The van der Waals surface area contributed by atoms with Crippen LogP contribution in [0.4, 0.5) is 0 Å². The summed E-state index contributed by atoms with van der Waals surface area (Å²) in [6.07, 6.45) is 2.26. The number of carbonyl (C=O) groups excluding carboxylic acids is 5. The van der Waals surface area contributed by atoms with E-state index >= 15 is 0 Å². The first kappa shape index (κ1) is 38.7. The lowest BCUT2D eigenvalue weighted by molar-refractivity contribution is -0.140. The van der Waals surface area contributed by atoms with Gasteiger partial charge in [-0.3, -0.25) is 4.79 Å². The van der Waals surface area contributed by atoms with E-state index in [1.807, 2.05) is 0 Å². The molecule has 0 N–H and O–H groups in total. The fourth-order valence-corrected chi connectivity index (χ4v) is 3.93. The molecule has 0 aromatic heterocycles. The van der Waals surface area contributed by atoms with E-state index in [1.54, 1.807) is 31.2 Å². The number of rotatable bonds is 22. The summed E-state index contributed by atoms with van der Waals surface area (Å²) in [5.74, 6) is -1.64. The summed E-state index contributed by atoms with van der Waals surface area (Å²) in [6.45, 7) is 9.89. The number of benzene rings is 3. The van der Waals surface area contributed by atoms with Crippen molar-refractivity contribution in [1.82, 2.24) is 0 Å². The first-order valence-electron chi connectivity index (χ1n) is 15.5. The molecule has 13 heteroatoms. The van der Waals surface area contributed by atoms with Gasteiger partial charge in [-0.05, 0) is 66.7 Å². The molecule has 0 heterocycles. The lowest BCUT2D eigenvalue weighted by Crippen LogP contribution is -2.13. The van der Waals surface area contributed by atoms with Crippen molar-refractivity contribution in [3.8, 4) is 23.0 Å². The SMILES string of the molecule is C=CC(=O)OCCOCCOc1ccc(C(=O)Oc2ccc(OC(=O)c3ccc(OCCOCCOC(=O)C=C)cc3)c(C(=O)CC)c2)cc1. The fourth-order valence-electron chi connectivity index (χ4n) is 3.93. The van der Waals surface area contributed by atoms with Crippen LogP contribution in [-0.4, -0.2) is 82.5 Å². The molecule has 0 radical (unpaired) electrons. The van der Waals surface area contributed by atoms with E-state index in [0.29, 0.717) is 11.5 Å². The predicted octanol–water partition coefficient (Wildman–Crippen LogP) is 4.97. The first-order chi connectivity index (χ1) is 24.2. The van der Waals surface area contributed by atoms with Crippen LogP contribution in [0, 0.1) is 0 Å². The van der Waals surface area contributed by atoms with Gasteiger partial charge in [0.1, 0.15) is 49.4 Å². The summed E-state index contributed by atoms with van der Waals surface area (Å²) >= 11 is 0. The van der Waals surface area contributed by atoms with Gasteiger partial charge in [0.25, 0.3) is 0 Å². The smallest absolute Gasteiger partial charge is 0.343 e. The van der Waals surface area contributed by atoms with Crippen LogP contribution in [0.2, 0.25) is 0 Å². The van der Waals surface area contributed by atoms with Crippen molar-refractivity contribution in [1.29, 1.82) is 0 Å². The lowest BCUT2D eigenvalue weighted by Gasteiger charge is -2.12. The molecule has 13 nitrogen and oxygen atoms in total. The minimum absolute atomic E-state index is 0.0150. The van der Waals surface area contributed by atoms with Gasteiger partial charge in [-0.25, -0.2) is 19.2 Å². The number of carbonyl (C=O) groups is 5. The molecule has 0 unspecified atom stereocenters. The fraction of sp³-hybridized carbons (Fsp3) is 0.270. The molecular formula is C37H38O13. The highest BCUT2D eigenvalue weighted by Crippen LogP contribution is 2.28. The molecule has 3 rings (SSSR count). The van der Waals surface area contributed by atoms with Crippen LogP contribution in [0.25, 0.3) is 0 Å². The molecule has 0 bridgehead atoms. The van der Waals surface area contributed by atoms with Crippen molar-refractivity contribution >= 4 is 29.7 Å². The molecule has 0 aliphatic heterocycles. The van der Waals surface area contributed by atoms with Crippen molar-refractivity contribution in [3.05, 3.63) is 109 Å². The minimum atomic E-state index is -0.702. The summed E-state index contributed by atoms with van der Waals surface area (Å²) < 4.78 is 42.4. The molecule has 0 spiro atoms. The maximum absolute atomic E-state index is 12.9. The molecule has 3 aromatic rings. The summed E-state index contributed by atoms with van der Waals surface area (Å²) in [4.78, 5) is 60.4. The molecule has 0 fully saturated rings. The first-order valence-corrected chi connectivity index (χ1v) is 15.5. The van der Waals surface area contributed by atoms with Crippen molar-refractivity contribution in [3.63, 3.8) is 0 Å². The highest BCUT2D eigenvalue weighted by atomic mass is 16.6. The number of hydrogen-bond donors (Lipinski definition) is 0. The summed E-state index contributed by atoms with van der Waals surface area (Å²) in [5.41, 5.74) is 0.535. The number of hydrogen-bond acceptors (Lipinski definition) is 13. The third kappa shape index (κ3) is 13.4. The van der Waals surface area contributed by atoms with E-state index in [1.165, 1.54) is 42.5 Å². The average molecular weight is 691 g/mol. The molecule has 0 atom stereocenters. The average Bonchev–Trinajstić information content (AvgIpc) is 3.14. The van der Waals surface area contributed by atoms with E-state index in [0.717, 1.165) is 12.2 Å². The van der Waals surface area contributed by atoms with Gasteiger partial charge in [-0.2, -0.15) is 0 Å². The Morgan fingerprint density at radius 3 is 1.46 bits per heavy atom. The largest absolute Gasteiger partial charge is 0.491 e. The molecule has 50 heavy (non-hydrogen) atoms. The van der Waals surface area contributed by atoms with E-state index < -0.39 is 23.9 Å². The van der Waals surface area contributed by atoms with Crippen molar-refractivity contribution < 1.29 is 61.9 Å². The van der Waals surface area contributed by atoms with Gasteiger partial charge in [0.2, 0.25) is 0 Å². The van der Waals surface area contributed by atoms with Crippen LogP contribution in [0.1, 0.15) is 44.4 Å². The summed E-state index contributed by atoms with van der Waals surface area (Å²) in [6, 6.07) is 16.6. The third-order valence-electron chi connectivity index (χ3n) is 6.44. The Labute approximate surface area is 289 Å². The monoisotopic (exact) mass is 690 g/mol. The number of ketones is 1. The highest BCUT2D eigenvalue weighted by molar-refractivity contribution is 6.01. The molecule has 0 aliphatic rings. The standard InChI is InChI=1S/C37H38O13/c1-4-32(38)31-25-30(49-36(41)26-7-11-28(12-8-26)45-21-17-43-19-23-47-34(39)5-2)15-16-33(31)50-37(42)27-9-13-29(14-10-27)46-22-18-44-20-24-48-35(40)6-3/h5-16,25H,2-4,17-24H2,1H3. The highest BCUT2D eigenvalue weighted by Gasteiger charge is 2.19. The van der Waals surface area contributed by atoms with Gasteiger partial charge in [-0.1, -0.05) is 20.1 Å². The normalized spacial score (nSPS) is 10.3. The van der Waals surface area contributed by atoms with E-state index in [9.17, 15) is 24.0 Å². The Hall–Kier alpha value is -5.79. The number of esters is 4. The van der Waals surface area contributed by atoms with Gasteiger partial charge in [-0.15, -0.1) is 0 Å². The van der Waals surface area contributed by atoms with Gasteiger partial charge in [0, 0.05) is 18.6 Å². The Balaban J connectivity index is 1.49. The summed E-state index contributed by atoms with van der Waals surface area (Å²) in [5, 5.41) is 0. The van der Waals surface area contributed by atoms with Crippen molar-refractivity contribution in [2.24, 2.45) is 0 Å². The van der Waals surface area contributed by atoms with Gasteiger partial charge in [0.05, 0.1) is 43.1 Å². The van der Waals surface area contributed by atoms with Gasteiger partial charge < -0.3 is 37.9 Å². The number of ether oxygens (including phenoxy) is 8. The molecular weight excluding hydrogens is 652 g/mol. The van der Waals surface area contributed by atoms with Gasteiger partial charge in [0.15, 0.2) is 5.78 Å². The van der Waals surface area contributed by atoms with Crippen molar-refractivity contribution in [2.75, 3.05) is 52.9 Å². The molecule has 0 amide bonds. The number of Topliss-reactive ketones (excluding diaryl/α,β-unsaturated/α-hetero) is 1. The van der Waals surface area contributed by atoms with E-state index in [2.05, 4.69) is 13.2 Å². The second kappa shape index (κ2) is 21.2. The Bertz CT molecular complexity index is 1610. The molecule has 0 aliphatic carbocycles. The van der Waals surface area contributed by atoms with Crippen LogP contribution >= 0.6 is 0 Å². The maximum Gasteiger partial charge on any atom is 0.343 e. The third-order valence-corrected chi connectivity index (χ3v) is 6.44. The quantitative estimate of drug-likeness (QED) is 0.0458. The van der Waals surface area contributed by atoms with Gasteiger partial charge >= 0.3 is 23.9 Å². The Kier molecular flexibility index (Phi) is 16.4. The minimum Gasteiger partial charge on any atom is -0.491 e. The van der Waals surface area contributed by atoms with Crippen LogP contribution in [0.15, 0.2) is 92.0 Å². The van der Waals surface area contributed by atoms with Crippen LogP contribution in [0.3, 0.4) is 0 Å². The van der Waals surface area contributed by atoms with E-state index in [-0.39, 0.29) is 93.2 Å². The summed E-state index contributed by atoms with van der Waals surface area (Å²) in [7, 11) is 0.